The summed E-state index contributed by atoms with van der Waals surface area (Å²) in [5.41, 5.74) is 15.9. The van der Waals surface area contributed by atoms with E-state index in [1.165, 1.54) is 27.8 Å². The van der Waals surface area contributed by atoms with Crippen molar-refractivity contribution >= 4 is 12.2 Å². The lowest BCUT2D eigenvalue weighted by atomic mass is 9.83. The summed E-state index contributed by atoms with van der Waals surface area (Å²) in [6.45, 7) is 6.53. The predicted molar refractivity (Wildman–Crippen MR) is 193 cm³/mol. The van der Waals surface area contributed by atoms with Crippen molar-refractivity contribution in [2.75, 3.05) is 0 Å². The van der Waals surface area contributed by atoms with E-state index in [2.05, 4.69) is 135 Å². The molecule has 0 atom stereocenters. The van der Waals surface area contributed by atoms with Crippen LogP contribution in [-0.2, 0) is 6.42 Å². The smallest absolute Gasteiger partial charge is 0.160 e. The number of allylic oxidation sites excluding steroid dienone is 2. The van der Waals surface area contributed by atoms with E-state index in [1.54, 1.807) is 0 Å². The van der Waals surface area contributed by atoms with Gasteiger partial charge in [0.15, 0.2) is 5.82 Å². The summed E-state index contributed by atoms with van der Waals surface area (Å²) in [7, 11) is 0. The molecule has 7 rings (SSSR count). The molecule has 0 unspecified atom stereocenters. The number of rotatable bonds is 7. The van der Waals surface area contributed by atoms with Crippen molar-refractivity contribution in [1.29, 1.82) is 0 Å². The highest BCUT2D eigenvalue weighted by Crippen LogP contribution is 2.40. The minimum Gasteiger partial charge on any atom is -0.261 e. The van der Waals surface area contributed by atoms with Crippen LogP contribution in [0.15, 0.2) is 121 Å². The average molecular weight is 596 g/mol. The molecule has 46 heavy (non-hydrogen) atoms. The van der Waals surface area contributed by atoms with Gasteiger partial charge in [-0.3, -0.25) is 4.98 Å². The number of benzene rings is 4. The molecule has 2 heterocycles. The summed E-state index contributed by atoms with van der Waals surface area (Å²) >= 11 is 0. The van der Waals surface area contributed by atoms with Gasteiger partial charge in [0.1, 0.15) is 0 Å². The lowest BCUT2D eigenvalue weighted by Crippen LogP contribution is -2.03. The lowest BCUT2D eigenvalue weighted by molar-refractivity contribution is 0.970. The van der Waals surface area contributed by atoms with E-state index >= 15 is 0 Å². The summed E-state index contributed by atoms with van der Waals surface area (Å²) in [6, 6.07) is 36.2. The van der Waals surface area contributed by atoms with Crippen LogP contribution in [0.25, 0.3) is 68.3 Å². The second-order valence-electron chi connectivity index (χ2n) is 11.9. The zero-order valence-corrected chi connectivity index (χ0v) is 26.7. The topological polar surface area (TPSA) is 38.7 Å². The zero-order valence-electron chi connectivity index (χ0n) is 26.7. The molecule has 0 saturated heterocycles. The van der Waals surface area contributed by atoms with E-state index in [1.807, 2.05) is 24.4 Å². The van der Waals surface area contributed by atoms with Crippen molar-refractivity contribution in [3.63, 3.8) is 0 Å². The normalized spacial score (nSPS) is 12.4. The van der Waals surface area contributed by atoms with Gasteiger partial charge in [-0.05, 0) is 108 Å². The van der Waals surface area contributed by atoms with E-state index in [0.29, 0.717) is 5.82 Å². The Hall–Kier alpha value is -5.41. The molecule has 0 fully saturated rings. The van der Waals surface area contributed by atoms with Crippen LogP contribution in [0.1, 0.15) is 47.7 Å². The Morgan fingerprint density at radius 2 is 1.33 bits per heavy atom. The molecular formula is C43H37N3. The van der Waals surface area contributed by atoms with E-state index < -0.39 is 0 Å². The van der Waals surface area contributed by atoms with Crippen LogP contribution in [0.3, 0.4) is 0 Å². The molecule has 0 amide bonds. The third-order valence-electron chi connectivity index (χ3n) is 8.86. The van der Waals surface area contributed by atoms with Crippen LogP contribution < -0.4 is 0 Å². The van der Waals surface area contributed by atoms with Crippen LogP contribution in [0.5, 0.6) is 0 Å². The number of hydrogen-bond acceptors (Lipinski definition) is 3. The van der Waals surface area contributed by atoms with Gasteiger partial charge in [0.2, 0.25) is 0 Å². The Morgan fingerprint density at radius 3 is 1.98 bits per heavy atom. The summed E-state index contributed by atoms with van der Waals surface area (Å²) in [5.74, 6) is 0.701. The summed E-state index contributed by atoms with van der Waals surface area (Å²) in [5, 5.41) is 0. The highest BCUT2D eigenvalue weighted by molar-refractivity contribution is 5.87. The third kappa shape index (κ3) is 5.84. The molecule has 0 saturated carbocycles. The molecule has 0 spiro atoms. The summed E-state index contributed by atoms with van der Waals surface area (Å²) in [6.07, 6.45) is 14.1. The monoisotopic (exact) mass is 595 g/mol. The molecule has 2 aromatic heterocycles. The Morgan fingerprint density at radius 1 is 0.674 bits per heavy atom. The average Bonchev–Trinajstić information content (AvgIpc) is 3.12. The van der Waals surface area contributed by atoms with Crippen LogP contribution in [0.2, 0.25) is 0 Å². The quantitative estimate of drug-likeness (QED) is 0.184. The van der Waals surface area contributed by atoms with Gasteiger partial charge < -0.3 is 0 Å². The van der Waals surface area contributed by atoms with Crippen molar-refractivity contribution in [2.45, 2.75) is 40.0 Å². The second-order valence-corrected chi connectivity index (χ2v) is 11.9. The first kappa shape index (κ1) is 29.3. The molecule has 3 nitrogen and oxygen atoms in total. The second kappa shape index (κ2) is 12.9. The summed E-state index contributed by atoms with van der Waals surface area (Å²) < 4.78 is 0. The highest BCUT2D eigenvalue weighted by atomic mass is 14.9. The van der Waals surface area contributed by atoms with E-state index in [-0.39, 0.29) is 0 Å². The molecule has 6 aromatic rings. The SMILES string of the molecule is CC/C=C\c1cc(-c2cc(-c3nc(-c4ccccc4)cc(-c4ccccc4)n3)cc(-c3cccnc3C)c2)c2c(c1C)CCC=C2. The van der Waals surface area contributed by atoms with E-state index in [4.69, 9.17) is 9.97 Å². The fourth-order valence-electron chi connectivity index (χ4n) is 6.43. The molecular weight excluding hydrogens is 558 g/mol. The van der Waals surface area contributed by atoms with Crippen LogP contribution in [0.4, 0.5) is 0 Å². The third-order valence-corrected chi connectivity index (χ3v) is 8.86. The van der Waals surface area contributed by atoms with Crippen molar-refractivity contribution in [2.24, 2.45) is 0 Å². The Kier molecular flexibility index (Phi) is 8.22. The summed E-state index contributed by atoms with van der Waals surface area (Å²) in [4.78, 5) is 15.0. The van der Waals surface area contributed by atoms with Gasteiger partial charge in [-0.2, -0.15) is 0 Å². The zero-order chi connectivity index (χ0) is 31.5. The molecule has 4 aromatic carbocycles. The number of nitrogens with zero attached hydrogens (tertiary/aromatic N) is 3. The molecule has 0 bridgehead atoms. The fourth-order valence-corrected chi connectivity index (χ4v) is 6.43. The number of pyridine rings is 1. The van der Waals surface area contributed by atoms with Gasteiger partial charge in [0, 0.05) is 34.1 Å². The molecule has 3 heteroatoms. The standard InChI is InChI=1S/C43H37N3/c1-4-5-15-33-27-40(39-21-13-12-20-37(39)29(33)2)35-24-34(38-22-14-23-44-30(38)3)25-36(26-35)43-45-41(31-16-8-6-9-17-31)28-42(46-43)32-18-10-7-11-19-32/h5-11,13-19,21-28H,4,12,20H2,1-3H3/b15-5-. The molecule has 1 aliphatic carbocycles. The van der Waals surface area contributed by atoms with Crippen LogP contribution in [-0.4, -0.2) is 15.0 Å². The maximum atomic E-state index is 5.20. The minimum absolute atomic E-state index is 0.701. The number of aryl methyl sites for hydroxylation is 1. The van der Waals surface area contributed by atoms with Gasteiger partial charge in [-0.25, -0.2) is 9.97 Å². The molecule has 0 radical (unpaired) electrons. The van der Waals surface area contributed by atoms with Crippen LogP contribution in [0, 0.1) is 13.8 Å². The molecule has 224 valence electrons. The maximum Gasteiger partial charge on any atom is 0.160 e. The van der Waals surface area contributed by atoms with Crippen molar-refractivity contribution in [1.82, 2.24) is 15.0 Å². The van der Waals surface area contributed by atoms with Gasteiger partial charge >= 0.3 is 0 Å². The van der Waals surface area contributed by atoms with Crippen molar-refractivity contribution in [3.8, 4) is 56.2 Å². The Balaban J connectivity index is 1.50. The number of fused-ring (bicyclic) bond motifs is 1. The maximum absolute atomic E-state index is 5.20. The van der Waals surface area contributed by atoms with Crippen LogP contribution >= 0.6 is 0 Å². The van der Waals surface area contributed by atoms with Crippen molar-refractivity contribution < 1.29 is 0 Å². The van der Waals surface area contributed by atoms with E-state index in [9.17, 15) is 0 Å². The fraction of sp³-hybridized carbons (Fsp3) is 0.140. The minimum atomic E-state index is 0.701. The first-order chi connectivity index (χ1) is 22.6. The largest absolute Gasteiger partial charge is 0.261 e. The van der Waals surface area contributed by atoms with Gasteiger partial charge in [0.05, 0.1) is 11.4 Å². The first-order valence-electron chi connectivity index (χ1n) is 16.2. The van der Waals surface area contributed by atoms with Gasteiger partial charge in [-0.1, -0.05) is 98.0 Å². The van der Waals surface area contributed by atoms with Crippen molar-refractivity contribution in [3.05, 3.63) is 149 Å². The van der Waals surface area contributed by atoms with Gasteiger partial charge in [-0.15, -0.1) is 0 Å². The lowest BCUT2D eigenvalue weighted by Gasteiger charge is -2.21. The predicted octanol–water partition coefficient (Wildman–Crippen LogP) is 11.2. The Bertz CT molecular complexity index is 2030. The molecule has 0 aliphatic heterocycles. The Labute approximate surface area is 272 Å². The number of aromatic nitrogens is 3. The van der Waals surface area contributed by atoms with E-state index in [0.717, 1.165) is 69.7 Å². The number of hydrogen-bond donors (Lipinski definition) is 0. The molecule has 0 N–H and O–H groups in total. The highest BCUT2D eigenvalue weighted by Gasteiger charge is 2.19. The first-order valence-corrected chi connectivity index (χ1v) is 16.2. The molecule has 1 aliphatic rings. The van der Waals surface area contributed by atoms with Gasteiger partial charge in [0.25, 0.3) is 0 Å².